The topological polar surface area (TPSA) is 6.48 Å². The molecule has 0 saturated carbocycles. The van der Waals surface area contributed by atoms with Gasteiger partial charge in [0.2, 0.25) is 0 Å². The Morgan fingerprint density at radius 3 is 1.54 bits per heavy atom. The van der Waals surface area contributed by atoms with E-state index in [0.29, 0.717) is 5.92 Å². The van der Waals surface area contributed by atoms with Crippen LogP contribution in [-0.2, 0) is 0 Å². The first-order chi connectivity index (χ1) is 23.4. The minimum atomic E-state index is 0.169. The van der Waals surface area contributed by atoms with Gasteiger partial charge in [0.25, 0.3) is 0 Å². The van der Waals surface area contributed by atoms with Crippen LogP contribution in [-0.4, -0.2) is 6.04 Å². The summed E-state index contributed by atoms with van der Waals surface area (Å²) in [6.45, 7) is 8.65. The van der Waals surface area contributed by atoms with Crippen LogP contribution in [0, 0.1) is 33.6 Å². The zero-order valence-electron chi connectivity index (χ0n) is 28.3. The van der Waals surface area contributed by atoms with Crippen LogP contribution in [0.5, 0.6) is 0 Å². The second-order valence-electron chi connectivity index (χ2n) is 13.6. The van der Waals surface area contributed by atoms with Gasteiger partial charge in [-0.15, -0.1) is 0 Å². The fourth-order valence-corrected chi connectivity index (χ4v) is 7.65. The lowest BCUT2D eigenvalue weighted by Gasteiger charge is -2.41. The predicted molar refractivity (Wildman–Crippen MR) is 205 cm³/mol. The molecule has 6 aromatic carbocycles. The van der Waals surface area contributed by atoms with Gasteiger partial charge in [-0.1, -0.05) is 113 Å². The second kappa shape index (κ2) is 12.4. The summed E-state index contributed by atoms with van der Waals surface area (Å²) in [5.74, 6) is 0.353. The average Bonchev–Trinajstić information content (AvgIpc) is 3.12. The van der Waals surface area contributed by atoms with E-state index in [0.717, 1.165) is 24.2 Å². The maximum Gasteiger partial charge on any atom is 0.0600 e. The molecule has 2 nitrogen and oxygen atoms in total. The molecule has 2 atom stereocenters. The van der Waals surface area contributed by atoms with E-state index < -0.39 is 0 Å². The molecule has 0 heterocycles. The Labute approximate surface area is 284 Å². The second-order valence-corrected chi connectivity index (χ2v) is 13.6. The van der Waals surface area contributed by atoms with Gasteiger partial charge in [-0.2, -0.15) is 0 Å². The van der Waals surface area contributed by atoms with Crippen LogP contribution in [0.4, 0.5) is 28.4 Å². The quantitative estimate of drug-likeness (QED) is 0.182. The number of fused-ring (bicyclic) bond motifs is 4. The Balaban J connectivity index is 1.41. The van der Waals surface area contributed by atoms with Crippen molar-refractivity contribution in [3.63, 3.8) is 0 Å². The maximum atomic E-state index is 2.58. The van der Waals surface area contributed by atoms with Crippen LogP contribution < -0.4 is 20.2 Å². The van der Waals surface area contributed by atoms with E-state index in [9.17, 15) is 0 Å². The summed E-state index contributed by atoms with van der Waals surface area (Å²) in [5.41, 5.74) is 12.5. The van der Waals surface area contributed by atoms with E-state index in [1.807, 2.05) is 0 Å². The largest absolute Gasteiger partial charge is 0.334 e. The van der Waals surface area contributed by atoms with Gasteiger partial charge in [0, 0.05) is 34.1 Å². The molecule has 8 rings (SSSR count). The monoisotopic (exact) mass is 622 g/mol. The highest BCUT2D eigenvalue weighted by atomic mass is 15.2. The lowest BCUT2D eigenvalue weighted by molar-refractivity contribution is 0.546. The number of hydrogen-bond acceptors (Lipinski definition) is 2. The summed E-state index contributed by atoms with van der Waals surface area (Å²) in [7, 11) is 0. The number of anilines is 5. The van der Waals surface area contributed by atoms with Crippen molar-refractivity contribution < 1.29 is 0 Å². The highest BCUT2D eigenvalue weighted by molar-refractivity contribution is 6.00. The van der Waals surface area contributed by atoms with Crippen molar-refractivity contribution in [3.05, 3.63) is 172 Å². The summed E-state index contributed by atoms with van der Waals surface area (Å²) < 4.78 is 0. The molecule has 0 spiro atoms. The first kappa shape index (κ1) is 30.0. The highest BCUT2D eigenvalue weighted by Gasteiger charge is 2.33. The molecule has 0 N–H and O–H groups in total. The van der Waals surface area contributed by atoms with E-state index in [4.69, 9.17) is 0 Å². The molecule has 6 aromatic rings. The normalized spacial score (nSPS) is 16.6. The Morgan fingerprint density at radius 2 is 1.02 bits per heavy atom. The van der Waals surface area contributed by atoms with Crippen LogP contribution in [0.3, 0.4) is 0 Å². The smallest absolute Gasteiger partial charge is 0.0600 e. The first-order valence-corrected chi connectivity index (χ1v) is 17.2. The zero-order valence-corrected chi connectivity index (χ0v) is 28.3. The Hall–Kier alpha value is -5.34. The summed E-state index contributed by atoms with van der Waals surface area (Å²) in [6, 6.07) is 47.7. The maximum absolute atomic E-state index is 2.58. The fourth-order valence-electron chi connectivity index (χ4n) is 7.65. The van der Waals surface area contributed by atoms with Gasteiger partial charge >= 0.3 is 0 Å². The fraction of sp³-hybridized carbons (Fsp3) is 0.174. The van der Waals surface area contributed by atoms with Crippen LogP contribution in [0.25, 0.3) is 22.4 Å². The Morgan fingerprint density at radius 1 is 0.542 bits per heavy atom. The Bertz CT molecular complexity index is 2170. The molecule has 2 aliphatic rings. The van der Waals surface area contributed by atoms with Crippen LogP contribution in [0.15, 0.2) is 140 Å². The molecule has 0 aromatic heterocycles. The van der Waals surface area contributed by atoms with Gasteiger partial charge in [0.05, 0.1) is 11.7 Å². The molecule has 2 heteroatoms. The van der Waals surface area contributed by atoms with Crippen molar-refractivity contribution in [2.24, 2.45) is 5.92 Å². The molecule has 0 fully saturated rings. The van der Waals surface area contributed by atoms with E-state index in [1.165, 1.54) is 66.1 Å². The van der Waals surface area contributed by atoms with Crippen molar-refractivity contribution in [1.82, 2.24) is 0 Å². The molecule has 0 saturated heterocycles. The van der Waals surface area contributed by atoms with E-state index in [2.05, 4.69) is 183 Å². The van der Waals surface area contributed by atoms with Gasteiger partial charge in [0.15, 0.2) is 0 Å². The van der Waals surface area contributed by atoms with Crippen molar-refractivity contribution in [2.75, 3.05) is 9.80 Å². The average molecular weight is 623 g/mol. The van der Waals surface area contributed by atoms with E-state index in [1.54, 1.807) is 0 Å². The lowest BCUT2D eigenvalue weighted by Crippen LogP contribution is -2.46. The van der Waals surface area contributed by atoms with E-state index in [-0.39, 0.29) is 6.04 Å². The minimum absolute atomic E-state index is 0.169. The summed E-state index contributed by atoms with van der Waals surface area (Å²) >= 11 is 0. The van der Waals surface area contributed by atoms with Crippen molar-refractivity contribution in [1.29, 1.82) is 0 Å². The third-order valence-corrected chi connectivity index (χ3v) is 10.2. The zero-order chi connectivity index (χ0) is 32.8. The third-order valence-electron chi connectivity index (χ3n) is 10.2. The minimum Gasteiger partial charge on any atom is -0.334 e. The van der Waals surface area contributed by atoms with Crippen LogP contribution >= 0.6 is 0 Å². The van der Waals surface area contributed by atoms with Gasteiger partial charge < -0.3 is 9.80 Å². The number of hydrogen-bond donors (Lipinski definition) is 0. The third kappa shape index (κ3) is 5.42. The molecular formula is C46H42N2. The number of benzene rings is 6. The predicted octanol–water partition coefficient (Wildman–Crippen LogP) is 10.7. The van der Waals surface area contributed by atoms with Gasteiger partial charge in [0.1, 0.15) is 0 Å². The Kier molecular flexibility index (Phi) is 7.73. The molecule has 0 amide bonds. The molecule has 236 valence electrons. The summed E-state index contributed by atoms with van der Waals surface area (Å²) in [6.07, 6.45) is 9.59. The first-order valence-electron chi connectivity index (χ1n) is 17.2. The molecule has 0 radical (unpaired) electrons. The standard InChI is InChI=1S/C46H42N2/c1-31-13-21-35(22-14-31)47(36-23-15-32(2)16-24-36)45-29-43-40-10-6-8-12-42(40)46(30-44(43)39-9-5-7-11-41(39)45)48(37-25-17-33(3)18-26-37)38-27-19-34(4)20-28-38/h5-7,9-11,13-30,42,46H,8,12H2,1-4H3. The summed E-state index contributed by atoms with van der Waals surface area (Å²) in [4.78, 5) is 5.03. The van der Waals surface area contributed by atoms with Crippen molar-refractivity contribution >= 4 is 50.9 Å². The molecule has 2 unspecified atom stereocenters. The number of allylic oxidation sites excluding steroid dienone is 2. The van der Waals surface area contributed by atoms with Crippen molar-refractivity contribution in [3.8, 4) is 0 Å². The molecule has 2 aliphatic carbocycles. The number of rotatable bonds is 6. The van der Waals surface area contributed by atoms with Crippen LogP contribution in [0.1, 0.15) is 35.1 Å². The number of nitrogens with zero attached hydrogens (tertiary/aromatic N) is 2. The summed E-state index contributed by atoms with van der Waals surface area (Å²) in [5, 5.41) is 5.22. The molecule has 48 heavy (non-hydrogen) atoms. The molecular weight excluding hydrogens is 581 g/mol. The SMILES string of the molecule is Cc1ccc(N(c2ccc(C)cc2)c2cc3c(c4ccccc24)=CC(N(c2ccc(C)cc2)c2ccc(C)cc2)C2CCC=CC=32)cc1. The molecule has 0 bridgehead atoms. The highest BCUT2D eigenvalue weighted by Crippen LogP contribution is 2.41. The number of aryl methyl sites for hydroxylation is 4. The molecule has 0 aliphatic heterocycles. The van der Waals surface area contributed by atoms with Crippen LogP contribution in [0.2, 0.25) is 0 Å². The van der Waals surface area contributed by atoms with Gasteiger partial charge in [-0.3, -0.25) is 0 Å². The van der Waals surface area contributed by atoms with Gasteiger partial charge in [-0.05, 0) is 117 Å². The van der Waals surface area contributed by atoms with E-state index >= 15 is 0 Å². The van der Waals surface area contributed by atoms with Crippen molar-refractivity contribution in [2.45, 2.75) is 46.6 Å². The van der Waals surface area contributed by atoms with Gasteiger partial charge in [-0.25, -0.2) is 0 Å². The lowest BCUT2D eigenvalue weighted by atomic mass is 9.77.